The minimum atomic E-state index is -0.334. The second-order valence-corrected chi connectivity index (χ2v) is 2.64. The molecule has 2 nitrogen and oxygen atoms in total. The molecule has 1 atom stereocenters. The van der Waals surface area contributed by atoms with Gasteiger partial charge in [0.05, 0.1) is 12.7 Å². The molecular weight excluding hydrogens is 116 g/mol. The van der Waals surface area contributed by atoms with Crippen LogP contribution in [-0.4, -0.2) is 18.5 Å². The van der Waals surface area contributed by atoms with Gasteiger partial charge in [0.2, 0.25) is 0 Å². The van der Waals surface area contributed by atoms with E-state index in [1.807, 2.05) is 20.8 Å². The van der Waals surface area contributed by atoms with Crippen molar-refractivity contribution < 1.29 is 9.47 Å². The molecule has 0 spiro atoms. The molecule has 0 radical (unpaired) electrons. The van der Waals surface area contributed by atoms with Crippen LogP contribution in [0.4, 0.5) is 0 Å². The molecule has 0 amide bonds. The van der Waals surface area contributed by atoms with Crippen molar-refractivity contribution in [2.45, 2.75) is 40.1 Å². The fourth-order valence-corrected chi connectivity index (χ4v) is 0.871. The summed E-state index contributed by atoms with van der Waals surface area (Å²) in [6, 6.07) is 0. The predicted molar refractivity (Wildman–Crippen MR) is 37.3 cm³/mol. The quantitative estimate of drug-likeness (QED) is 0.500. The van der Waals surface area contributed by atoms with Gasteiger partial charge in [0.15, 0.2) is 5.79 Å². The maximum atomic E-state index is 5.33. The first-order chi connectivity index (χ1) is 3.60. The normalized spacial score (nSPS) is 31.7. The third-order valence-corrected chi connectivity index (χ3v) is 1.15. The van der Waals surface area contributed by atoms with Gasteiger partial charge in [0.1, 0.15) is 0 Å². The second kappa shape index (κ2) is 2.67. The molecule has 0 bridgehead atoms. The predicted octanol–water partition coefficient (Wildman–Crippen LogP) is 1.79. The Balaban J connectivity index is 0.000000640. The van der Waals surface area contributed by atoms with Crippen molar-refractivity contribution in [1.29, 1.82) is 0 Å². The first-order valence-corrected chi connectivity index (χ1v) is 2.92. The lowest BCUT2D eigenvalue weighted by molar-refractivity contribution is -0.136. The van der Waals surface area contributed by atoms with Crippen LogP contribution >= 0.6 is 0 Å². The van der Waals surface area contributed by atoms with Crippen molar-refractivity contribution in [3.05, 3.63) is 0 Å². The number of hydrogen-bond donors (Lipinski definition) is 0. The molecule has 1 aliphatic heterocycles. The average Bonchev–Trinajstić information content (AvgIpc) is 1.82. The summed E-state index contributed by atoms with van der Waals surface area (Å²) in [5.74, 6) is -0.334. The van der Waals surface area contributed by atoms with Crippen LogP contribution in [0.2, 0.25) is 0 Å². The highest BCUT2D eigenvalue weighted by Crippen LogP contribution is 2.21. The van der Waals surface area contributed by atoms with Crippen molar-refractivity contribution in [3.8, 4) is 0 Å². The van der Waals surface area contributed by atoms with Crippen molar-refractivity contribution in [2.24, 2.45) is 0 Å². The van der Waals surface area contributed by atoms with E-state index in [0.717, 1.165) is 6.61 Å². The Bertz CT molecular complexity index is 88.9. The van der Waals surface area contributed by atoms with Crippen LogP contribution in [0.25, 0.3) is 0 Å². The summed E-state index contributed by atoms with van der Waals surface area (Å²) >= 11 is 0. The highest BCUT2D eigenvalue weighted by molar-refractivity contribution is 4.65. The van der Waals surface area contributed by atoms with Gasteiger partial charge in [0, 0.05) is 0 Å². The maximum Gasteiger partial charge on any atom is 0.163 e. The molecule has 0 aromatic rings. The van der Waals surface area contributed by atoms with Crippen LogP contribution in [0, 0.1) is 0 Å². The van der Waals surface area contributed by atoms with E-state index in [-0.39, 0.29) is 19.3 Å². The average molecular weight is 132 g/mol. The van der Waals surface area contributed by atoms with Gasteiger partial charge in [-0.1, -0.05) is 7.43 Å². The monoisotopic (exact) mass is 132 g/mol. The Kier molecular flexibility index (Phi) is 2.65. The standard InChI is InChI=1S/C6H12O2.CH4/c1-5-4-7-6(2,3)8-5;/h5H,4H2,1-3H3;1H4/t5-;/m0./s1. The molecule has 0 aromatic heterocycles. The fourth-order valence-electron chi connectivity index (χ4n) is 0.871. The van der Waals surface area contributed by atoms with Gasteiger partial charge in [-0.2, -0.15) is 0 Å². The number of hydrogen-bond acceptors (Lipinski definition) is 2. The van der Waals surface area contributed by atoms with E-state index >= 15 is 0 Å². The van der Waals surface area contributed by atoms with Crippen LogP contribution in [0.5, 0.6) is 0 Å². The van der Waals surface area contributed by atoms with E-state index in [9.17, 15) is 0 Å². The molecule has 1 fully saturated rings. The number of rotatable bonds is 0. The van der Waals surface area contributed by atoms with Gasteiger partial charge in [-0.25, -0.2) is 0 Å². The topological polar surface area (TPSA) is 18.5 Å². The first-order valence-electron chi connectivity index (χ1n) is 2.92. The van der Waals surface area contributed by atoms with E-state index in [0.29, 0.717) is 0 Å². The molecular formula is C7H16O2. The van der Waals surface area contributed by atoms with Gasteiger partial charge >= 0.3 is 0 Å². The highest BCUT2D eigenvalue weighted by Gasteiger charge is 2.29. The summed E-state index contributed by atoms with van der Waals surface area (Å²) < 4.78 is 10.6. The van der Waals surface area contributed by atoms with Crippen LogP contribution in [-0.2, 0) is 9.47 Å². The molecule has 9 heavy (non-hydrogen) atoms. The molecule has 1 rings (SSSR count). The first kappa shape index (κ1) is 8.92. The largest absolute Gasteiger partial charge is 0.348 e. The Labute approximate surface area is 57.2 Å². The SMILES string of the molecule is C.C[C@H]1COC(C)(C)O1. The third kappa shape index (κ3) is 2.33. The summed E-state index contributed by atoms with van der Waals surface area (Å²) in [6.45, 7) is 6.59. The zero-order chi connectivity index (χ0) is 6.20. The smallest absolute Gasteiger partial charge is 0.163 e. The zero-order valence-electron chi connectivity index (χ0n) is 5.60. The minimum Gasteiger partial charge on any atom is -0.348 e. The van der Waals surface area contributed by atoms with Crippen LogP contribution < -0.4 is 0 Å². The van der Waals surface area contributed by atoms with E-state index in [2.05, 4.69) is 0 Å². The Morgan fingerprint density at radius 2 is 2.00 bits per heavy atom. The molecule has 56 valence electrons. The summed E-state index contributed by atoms with van der Waals surface area (Å²) in [6.07, 6.45) is 0.269. The van der Waals surface area contributed by atoms with Crippen molar-refractivity contribution in [2.75, 3.05) is 6.61 Å². The summed E-state index contributed by atoms with van der Waals surface area (Å²) in [4.78, 5) is 0. The zero-order valence-corrected chi connectivity index (χ0v) is 5.60. The van der Waals surface area contributed by atoms with E-state index < -0.39 is 0 Å². The minimum absolute atomic E-state index is 0. The second-order valence-electron chi connectivity index (χ2n) is 2.64. The van der Waals surface area contributed by atoms with E-state index in [1.165, 1.54) is 0 Å². The lowest BCUT2D eigenvalue weighted by Crippen LogP contribution is -2.20. The number of ether oxygens (including phenoxy) is 2. The molecule has 0 aliphatic carbocycles. The molecule has 2 heteroatoms. The van der Waals surface area contributed by atoms with Gasteiger partial charge in [0.25, 0.3) is 0 Å². The van der Waals surface area contributed by atoms with Crippen LogP contribution in [0.15, 0.2) is 0 Å². The lowest BCUT2D eigenvalue weighted by atomic mass is 10.4. The molecule has 1 aliphatic rings. The van der Waals surface area contributed by atoms with Crippen molar-refractivity contribution in [1.82, 2.24) is 0 Å². The summed E-state index contributed by atoms with van der Waals surface area (Å²) in [5.41, 5.74) is 0. The molecule has 0 saturated carbocycles. The van der Waals surface area contributed by atoms with E-state index in [4.69, 9.17) is 9.47 Å². The van der Waals surface area contributed by atoms with Crippen LogP contribution in [0.1, 0.15) is 28.2 Å². The van der Waals surface area contributed by atoms with Gasteiger partial charge in [-0.15, -0.1) is 0 Å². The van der Waals surface area contributed by atoms with Crippen LogP contribution in [0.3, 0.4) is 0 Å². The highest BCUT2D eigenvalue weighted by atomic mass is 16.7. The molecule has 1 saturated heterocycles. The van der Waals surface area contributed by atoms with Crippen molar-refractivity contribution in [3.63, 3.8) is 0 Å². The Morgan fingerprint density at radius 1 is 1.44 bits per heavy atom. The Hall–Kier alpha value is -0.0800. The molecule has 0 aromatic carbocycles. The van der Waals surface area contributed by atoms with Crippen molar-refractivity contribution >= 4 is 0 Å². The molecule has 0 N–H and O–H groups in total. The molecule has 1 heterocycles. The third-order valence-electron chi connectivity index (χ3n) is 1.15. The molecule has 0 unspecified atom stereocenters. The Morgan fingerprint density at radius 3 is 2.11 bits per heavy atom. The van der Waals surface area contributed by atoms with E-state index in [1.54, 1.807) is 0 Å². The fraction of sp³-hybridized carbons (Fsp3) is 1.00. The summed E-state index contributed by atoms with van der Waals surface area (Å²) in [7, 11) is 0. The van der Waals surface area contributed by atoms with Gasteiger partial charge in [-0.3, -0.25) is 0 Å². The lowest BCUT2D eigenvalue weighted by Gasteiger charge is -2.15. The maximum absolute atomic E-state index is 5.33. The van der Waals surface area contributed by atoms with Gasteiger partial charge in [-0.05, 0) is 20.8 Å². The van der Waals surface area contributed by atoms with Gasteiger partial charge < -0.3 is 9.47 Å². The summed E-state index contributed by atoms with van der Waals surface area (Å²) in [5, 5.41) is 0.